The van der Waals surface area contributed by atoms with E-state index in [4.69, 9.17) is 9.16 Å². The van der Waals surface area contributed by atoms with Crippen molar-refractivity contribution in [1.29, 1.82) is 0 Å². The van der Waals surface area contributed by atoms with Gasteiger partial charge in [-0.3, -0.25) is 4.72 Å². The summed E-state index contributed by atoms with van der Waals surface area (Å²) >= 11 is 0. The first-order valence-electron chi connectivity index (χ1n) is 16.4. The summed E-state index contributed by atoms with van der Waals surface area (Å²) in [5.41, 5.74) is 3.70. The largest absolute Gasteiger partial charge is 0.487 e. The van der Waals surface area contributed by atoms with Crippen LogP contribution in [0.4, 0.5) is 18.9 Å². The van der Waals surface area contributed by atoms with E-state index in [0.29, 0.717) is 24.4 Å². The van der Waals surface area contributed by atoms with Crippen LogP contribution in [0.3, 0.4) is 0 Å². The third-order valence-corrected chi connectivity index (χ3v) is 13.9. The standard InChI is InChI=1S/C37H45F3N2O5SSi/c1-5-49(6-2,7-3)47-36(30-17-22-35(34(24-30)42-48(4,43)44)45-26-28-11-9-8-10-12-28)25-41-33(23-27-13-18-31(38)19-14-27)29-15-20-32(21-16-29)46-37(39)40/h8-22,24,33,36-37,41-42H,5-7,23,25-26H2,1-4H3/t33-,36-/m0/s1. The Hall–Kier alpha value is -3.84. The molecule has 0 unspecified atom stereocenters. The summed E-state index contributed by atoms with van der Waals surface area (Å²) in [5.74, 6) is 0.0884. The average molecular weight is 715 g/mol. The summed E-state index contributed by atoms with van der Waals surface area (Å²) < 4.78 is 84.6. The lowest BCUT2D eigenvalue weighted by Gasteiger charge is -2.35. The van der Waals surface area contributed by atoms with Crippen LogP contribution in [0.25, 0.3) is 0 Å². The van der Waals surface area contributed by atoms with Gasteiger partial charge in [0.05, 0.1) is 18.0 Å². The number of anilines is 1. The molecule has 4 rings (SSSR count). The number of alkyl halides is 2. The molecule has 0 saturated carbocycles. The van der Waals surface area contributed by atoms with Gasteiger partial charge in [0.1, 0.15) is 23.9 Å². The van der Waals surface area contributed by atoms with E-state index in [-0.39, 0.29) is 24.2 Å². The summed E-state index contributed by atoms with van der Waals surface area (Å²) in [6.07, 6.45) is 1.11. The highest BCUT2D eigenvalue weighted by atomic mass is 32.2. The molecule has 12 heteroatoms. The van der Waals surface area contributed by atoms with Gasteiger partial charge in [0.15, 0.2) is 8.32 Å². The topological polar surface area (TPSA) is 85.9 Å². The molecule has 7 nitrogen and oxygen atoms in total. The van der Waals surface area contributed by atoms with E-state index in [1.807, 2.05) is 36.4 Å². The van der Waals surface area contributed by atoms with Crippen LogP contribution < -0.4 is 19.5 Å². The van der Waals surface area contributed by atoms with Crippen LogP contribution in [0.15, 0.2) is 97.1 Å². The Morgan fingerprint density at radius 2 is 1.43 bits per heavy atom. The number of halogens is 3. The lowest BCUT2D eigenvalue weighted by atomic mass is 9.98. The zero-order chi connectivity index (χ0) is 35.4. The van der Waals surface area contributed by atoms with Crippen LogP contribution in [0.2, 0.25) is 18.1 Å². The van der Waals surface area contributed by atoms with Crippen LogP contribution >= 0.6 is 0 Å². The summed E-state index contributed by atoms with van der Waals surface area (Å²) in [7, 11) is -5.84. The van der Waals surface area contributed by atoms with Gasteiger partial charge < -0.3 is 19.2 Å². The fraction of sp³-hybridized carbons (Fsp3) is 0.351. The maximum absolute atomic E-state index is 13.7. The Balaban J connectivity index is 1.69. The highest BCUT2D eigenvalue weighted by Gasteiger charge is 2.33. The average Bonchev–Trinajstić information content (AvgIpc) is 3.08. The Morgan fingerprint density at radius 1 is 0.796 bits per heavy atom. The number of hydrogen-bond donors (Lipinski definition) is 2. The molecule has 2 atom stereocenters. The minimum Gasteiger partial charge on any atom is -0.487 e. The molecule has 0 aliphatic rings. The van der Waals surface area contributed by atoms with Crippen molar-refractivity contribution in [2.45, 2.75) is 70.7 Å². The van der Waals surface area contributed by atoms with Crippen molar-refractivity contribution >= 4 is 24.0 Å². The van der Waals surface area contributed by atoms with Crippen LogP contribution in [-0.2, 0) is 27.5 Å². The lowest BCUT2D eigenvalue weighted by Crippen LogP contribution is -2.40. The fourth-order valence-electron chi connectivity index (χ4n) is 5.71. The normalized spacial score (nSPS) is 13.2. The monoisotopic (exact) mass is 714 g/mol. The minimum atomic E-state index is -3.65. The van der Waals surface area contributed by atoms with Crippen molar-refractivity contribution in [3.63, 3.8) is 0 Å². The molecule has 0 heterocycles. The molecule has 0 fully saturated rings. The van der Waals surface area contributed by atoms with Crippen molar-refractivity contribution in [1.82, 2.24) is 5.32 Å². The van der Waals surface area contributed by atoms with E-state index in [9.17, 15) is 21.6 Å². The zero-order valence-corrected chi connectivity index (χ0v) is 30.1. The van der Waals surface area contributed by atoms with Gasteiger partial charge in [-0.15, -0.1) is 0 Å². The molecule has 264 valence electrons. The summed E-state index contributed by atoms with van der Waals surface area (Å²) in [6.45, 7) is 4.08. The van der Waals surface area contributed by atoms with E-state index in [1.54, 1.807) is 36.4 Å². The maximum Gasteiger partial charge on any atom is 0.387 e. The van der Waals surface area contributed by atoms with E-state index in [0.717, 1.165) is 46.6 Å². The van der Waals surface area contributed by atoms with Gasteiger partial charge >= 0.3 is 6.61 Å². The van der Waals surface area contributed by atoms with Crippen molar-refractivity contribution in [2.24, 2.45) is 0 Å². The first-order chi connectivity index (χ1) is 23.4. The first-order valence-corrected chi connectivity index (χ1v) is 20.8. The molecule has 0 aliphatic heterocycles. The third-order valence-electron chi connectivity index (χ3n) is 8.64. The van der Waals surface area contributed by atoms with Crippen molar-refractivity contribution in [3.8, 4) is 11.5 Å². The molecule has 0 aromatic heterocycles. The summed E-state index contributed by atoms with van der Waals surface area (Å²) in [4.78, 5) is 0. The van der Waals surface area contributed by atoms with E-state index >= 15 is 0 Å². The van der Waals surface area contributed by atoms with E-state index in [2.05, 4.69) is 35.5 Å². The van der Waals surface area contributed by atoms with Crippen LogP contribution in [0.5, 0.6) is 11.5 Å². The number of rotatable bonds is 19. The molecule has 0 amide bonds. The van der Waals surface area contributed by atoms with Gasteiger partial charge in [0.2, 0.25) is 10.0 Å². The molecule has 4 aromatic rings. The second-order valence-electron chi connectivity index (χ2n) is 12.0. The summed E-state index contributed by atoms with van der Waals surface area (Å²) in [6, 6.07) is 30.1. The maximum atomic E-state index is 13.7. The van der Waals surface area contributed by atoms with Gasteiger partial charge in [-0.05, 0) is 83.2 Å². The van der Waals surface area contributed by atoms with Crippen LogP contribution in [-0.4, -0.2) is 36.1 Å². The Morgan fingerprint density at radius 3 is 2.02 bits per heavy atom. The number of benzene rings is 4. The fourth-order valence-corrected chi connectivity index (χ4v) is 9.09. The number of sulfonamides is 1. The van der Waals surface area contributed by atoms with Gasteiger partial charge in [-0.1, -0.05) is 81.4 Å². The predicted octanol–water partition coefficient (Wildman–Crippen LogP) is 9.01. The third kappa shape index (κ3) is 11.6. The van der Waals surface area contributed by atoms with Gasteiger partial charge in [-0.2, -0.15) is 8.78 Å². The molecule has 49 heavy (non-hydrogen) atoms. The molecule has 2 N–H and O–H groups in total. The van der Waals surface area contributed by atoms with Crippen molar-refractivity contribution < 1.29 is 35.5 Å². The molecule has 0 spiro atoms. The number of hydrogen-bond acceptors (Lipinski definition) is 6. The van der Waals surface area contributed by atoms with Gasteiger partial charge in [0, 0.05) is 12.6 Å². The van der Waals surface area contributed by atoms with Crippen molar-refractivity contribution in [3.05, 3.63) is 125 Å². The molecule has 0 saturated heterocycles. The SMILES string of the molecule is CC[Si](CC)(CC)O[C@@H](CN[C@@H](Cc1ccc(F)cc1)c1ccc(OC(F)F)cc1)c1ccc(OCc2ccccc2)c(NS(C)(=O)=O)c1. The molecule has 4 aromatic carbocycles. The molecule has 0 radical (unpaired) electrons. The first kappa shape index (κ1) is 38.0. The molecule has 0 bridgehead atoms. The number of ether oxygens (including phenoxy) is 2. The Kier molecular flexibility index (Phi) is 13.7. The predicted molar refractivity (Wildman–Crippen MR) is 191 cm³/mol. The smallest absolute Gasteiger partial charge is 0.387 e. The second-order valence-corrected chi connectivity index (χ2v) is 18.5. The Bertz CT molecular complexity index is 1700. The molecular formula is C37H45F3N2O5SSi. The highest BCUT2D eigenvalue weighted by Crippen LogP contribution is 2.35. The van der Waals surface area contributed by atoms with Crippen molar-refractivity contribution in [2.75, 3.05) is 17.5 Å². The quantitative estimate of drug-likeness (QED) is 0.0944. The molecule has 0 aliphatic carbocycles. The van der Waals surface area contributed by atoms with Gasteiger partial charge in [0.25, 0.3) is 0 Å². The molecular weight excluding hydrogens is 670 g/mol. The second kappa shape index (κ2) is 17.7. The lowest BCUT2D eigenvalue weighted by molar-refractivity contribution is -0.0498. The number of nitrogens with one attached hydrogen (secondary N) is 2. The van der Waals surface area contributed by atoms with Crippen LogP contribution in [0.1, 0.15) is 55.2 Å². The van der Waals surface area contributed by atoms with Gasteiger partial charge in [-0.25, -0.2) is 12.8 Å². The van der Waals surface area contributed by atoms with E-state index in [1.165, 1.54) is 24.3 Å². The highest BCUT2D eigenvalue weighted by molar-refractivity contribution is 7.92. The Labute approximate surface area is 289 Å². The zero-order valence-electron chi connectivity index (χ0n) is 28.3. The van der Waals surface area contributed by atoms with E-state index < -0.39 is 31.1 Å². The minimum absolute atomic E-state index is 0.0468. The summed E-state index contributed by atoms with van der Waals surface area (Å²) in [5, 5.41) is 3.63. The van der Waals surface area contributed by atoms with Crippen LogP contribution in [0, 0.1) is 5.82 Å².